The summed E-state index contributed by atoms with van der Waals surface area (Å²) in [6, 6.07) is 5.39. The number of likely N-dealkylation sites (tertiary alicyclic amines) is 1. The minimum absolute atomic E-state index is 0.104. The molecule has 2 aliphatic rings. The summed E-state index contributed by atoms with van der Waals surface area (Å²) in [5, 5.41) is 0. The third-order valence-electron chi connectivity index (χ3n) is 6.29. The third kappa shape index (κ3) is 5.57. The van der Waals surface area contributed by atoms with Crippen LogP contribution < -0.4 is 4.72 Å². The van der Waals surface area contributed by atoms with Crippen LogP contribution in [0.2, 0.25) is 0 Å². The van der Waals surface area contributed by atoms with Crippen molar-refractivity contribution >= 4 is 15.9 Å². The molecule has 0 bridgehead atoms. The van der Waals surface area contributed by atoms with E-state index < -0.39 is 10.0 Å². The molecule has 1 aromatic carbocycles. The number of benzene rings is 1. The van der Waals surface area contributed by atoms with Gasteiger partial charge in [-0.15, -0.1) is 0 Å². The zero-order valence-corrected chi connectivity index (χ0v) is 18.1. The van der Waals surface area contributed by atoms with Crippen molar-refractivity contribution in [2.75, 3.05) is 13.1 Å². The fraction of sp³-hybridized carbons (Fsp3) is 0.682. The number of carbonyl (C=O) groups is 1. The van der Waals surface area contributed by atoms with Crippen LogP contribution in [0.25, 0.3) is 0 Å². The summed E-state index contributed by atoms with van der Waals surface area (Å²) >= 11 is 0. The largest absolute Gasteiger partial charge is 0.343 e. The second-order valence-corrected chi connectivity index (χ2v) is 10.3. The summed E-state index contributed by atoms with van der Waals surface area (Å²) in [5.74, 6) is 0.959. The molecule has 1 N–H and O–H groups in total. The van der Waals surface area contributed by atoms with Crippen LogP contribution in [0.4, 0.5) is 0 Å². The van der Waals surface area contributed by atoms with Gasteiger partial charge in [0.25, 0.3) is 0 Å². The number of aryl methyl sites for hydroxylation is 2. The van der Waals surface area contributed by atoms with Crippen molar-refractivity contribution in [2.24, 2.45) is 5.92 Å². The van der Waals surface area contributed by atoms with Gasteiger partial charge < -0.3 is 4.90 Å². The van der Waals surface area contributed by atoms with Crippen LogP contribution in [0, 0.1) is 19.8 Å². The van der Waals surface area contributed by atoms with Crippen molar-refractivity contribution in [1.82, 2.24) is 9.62 Å². The van der Waals surface area contributed by atoms with E-state index >= 15 is 0 Å². The monoisotopic (exact) mass is 406 g/mol. The molecule has 6 heteroatoms. The summed E-state index contributed by atoms with van der Waals surface area (Å²) in [4.78, 5) is 14.8. The van der Waals surface area contributed by atoms with Gasteiger partial charge >= 0.3 is 0 Å². The Morgan fingerprint density at radius 2 is 1.75 bits per heavy atom. The molecular weight excluding hydrogens is 372 g/mol. The highest BCUT2D eigenvalue weighted by Gasteiger charge is 2.27. The van der Waals surface area contributed by atoms with Gasteiger partial charge in [0.2, 0.25) is 15.9 Å². The maximum atomic E-state index is 12.8. The van der Waals surface area contributed by atoms with Gasteiger partial charge in [0.1, 0.15) is 0 Å². The lowest BCUT2D eigenvalue weighted by atomic mass is 9.86. The minimum atomic E-state index is -3.53. The molecule has 0 radical (unpaired) electrons. The molecule has 156 valence electrons. The van der Waals surface area contributed by atoms with Crippen LogP contribution in [-0.2, 0) is 14.8 Å². The van der Waals surface area contributed by atoms with Gasteiger partial charge in [0.05, 0.1) is 4.90 Å². The van der Waals surface area contributed by atoms with E-state index in [0.717, 1.165) is 23.5 Å². The molecule has 0 spiro atoms. The number of hydrogen-bond acceptors (Lipinski definition) is 3. The number of nitrogens with one attached hydrogen (secondary N) is 1. The minimum Gasteiger partial charge on any atom is -0.343 e. The van der Waals surface area contributed by atoms with E-state index in [2.05, 4.69) is 4.72 Å². The lowest BCUT2D eigenvalue weighted by Crippen LogP contribution is -2.46. The quantitative estimate of drug-likeness (QED) is 0.778. The first kappa shape index (κ1) is 21.3. The lowest BCUT2D eigenvalue weighted by molar-refractivity contribution is -0.132. The summed E-state index contributed by atoms with van der Waals surface area (Å²) in [5.41, 5.74) is 1.69. The number of piperidine rings is 1. The topological polar surface area (TPSA) is 66.5 Å². The lowest BCUT2D eigenvalue weighted by Gasteiger charge is -2.33. The summed E-state index contributed by atoms with van der Waals surface area (Å²) in [6.45, 7) is 5.00. The van der Waals surface area contributed by atoms with E-state index in [1.807, 2.05) is 30.9 Å². The van der Waals surface area contributed by atoms with Gasteiger partial charge in [0.15, 0.2) is 0 Å². The Labute approximate surface area is 169 Å². The molecule has 28 heavy (non-hydrogen) atoms. The average Bonchev–Trinajstić information content (AvgIpc) is 2.69. The highest BCUT2D eigenvalue weighted by atomic mass is 32.2. The molecule has 1 heterocycles. The average molecular weight is 407 g/mol. The third-order valence-corrected chi connectivity index (χ3v) is 7.96. The second-order valence-electron chi connectivity index (χ2n) is 8.59. The smallest absolute Gasteiger partial charge is 0.241 e. The van der Waals surface area contributed by atoms with Crippen molar-refractivity contribution in [2.45, 2.75) is 82.6 Å². The fourth-order valence-electron chi connectivity index (χ4n) is 4.49. The molecular formula is C22H34N2O3S. The van der Waals surface area contributed by atoms with E-state index in [1.54, 1.807) is 6.07 Å². The predicted molar refractivity (Wildman–Crippen MR) is 112 cm³/mol. The van der Waals surface area contributed by atoms with Gasteiger partial charge in [-0.25, -0.2) is 13.1 Å². The van der Waals surface area contributed by atoms with Crippen molar-refractivity contribution in [3.05, 3.63) is 29.3 Å². The van der Waals surface area contributed by atoms with Gasteiger partial charge in [0, 0.05) is 25.6 Å². The number of amides is 1. The van der Waals surface area contributed by atoms with Crippen molar-refractivity contribution in [3.63, 3.8) is 0 Å². The number of hydrogen-bond donors (Lipinski definition) is 1. The Balaban J connectivity index is 1.48. The highest BCUT2D eigenvalue weighted by Crippen LogP contribution is 2.28. The molecule has 1 aromatic rings. The number of sulfonamides is 1. The maximum absolute atomic E-state index is 12.8. The second kappa shape index (κ2) is 9.40. The van der Waals surface area contributed by atoms with E-state index in [-0.39, 0.29) is 11.9 Å². The highest BCUT2D eigenvalue weighted by molar-refractivity contribution is 7.89. The van der Waals surface area contributed by atoms with Gasteiger partial charge in [-0.3, -0.25) is 4.79 Å². The Morgan fingerprint density at radius 3 is 2.43 bits per heavy atom. The molecule has 0 unspecified atom stereocenters. The summed E-state index contributed by atoms with van der Waals surface area (Å²) in [7, 11) is -3.53. The predicted octanol–water partition coefficient (Wildman–Crippen LogP) is 3.93. The zero-order chi connectivity index (χ0) is 20.1. The summed E-state index contributed by atoms with van der Waals surface area (Å²) in [6.07, 6.45) is 9.52. The first-order valence-corrected chi connectivity index (χ1v) is 12.2. The molecule has 1 amide bonds. The molecule has 3 rings (SSSR count). The Bertz CT molecular complexity index is 777. The first-order chi connectivity index (χ1) is 13.3. The molecule has 1 saturated carbocycles. The fourth-order valence-corrected chi connectivity index (χ4v) is 6.12. The van der Waals surface area contributed by atoms with E-state index in [1.165, 1.54) is 32.1 Å². The number of rotatable bonds is 6. The standard InChI is InChI=1S/C22H34N2O3S/c1-17-8-9-18(2)21(16-17)28(26,27)23-20-12-14-24(15-13-20)22(25)11-10-19-6-4-3-5-7-19/h8-9,16,19-20,23H,3-7,10-15H2,1-2H3. The summed E-state index contributed by atoms with van der Waals surface area (Å²) < 4.78 is 28.4. The molecule has 0 aromatic heterocycles. The van der Waals surface area contributed by atoms with E-state index in [0.29, 0.717) is 37.2 Å². The number of nitrogens with zero attached hydrogens (tertiary/aromatic N) is 1. The molecule has 1 aliphatic carbocycles. The molecule has 1 saturated heterocycles. The molecule has 2 fully saturated rings. The first-order valence-electron chi connectivity index (χ1n) is 10.7. The van der Waals surface area contributed by atoms with Gasteiger partial charge in [-0.1, -0.05) is 44.2 Å². The normalized spacial score (nSPS) is 19.7. The van der Waals surface area contributed by atoms with E-state index in [4.69, 9.17) is 0 Å². The van der Waals surface area contributed by atoms with Gasteiger partial charge in [-0.05, 0) is 56.2 Å². The van der Waals surface area contributed by atoms with Crippen molar-refractivity contribution in [3.8, 4) is 0 Å². The Morgan fingerprint density at radius 1 is 1.07 bits per heavy atom. The molecule has 1 aliphatic heterocycles. The van der Waals surface area contributed by atoms with Gasteiger partial charge in [-0.2, -0.15) is 0 Å². The molecule has 5 nitrogen and oxygen atoms in total. The van der Waals surface area contributed by atoms with Crippen LogP contribution in [0.5, 0.6) is 0 Å². The van der Waals surface area contributed by atoms with Crippen LogP contribution in [0.15, 0.2) is 23.1 Å². The zero-order valence-electron chi connectivity index (χ0n) is 17.2. The molecule has 0 atom stereocenters. The van der Waals surface area contributed by atoms with Crippen LogP contribution in [0.3, 0.4) is 0 Å². The Kier molecular flexibility index (Phi) is 7.15. The Hall–Kier alpha value is -1.40. The van der Waals surface area contributed by atoms with Crippen LogP contribution >= 0.6 is 0 Å². The van der Waals surface area contributed by atoms with Crippen LogP contribution in [0.1, 0.15) is 68.9 Å². The number of carbonyl (C=O) groups excluding carboxylic acids is 1. The van der Waals surface area contributed by atoms with Crippen LogP contribution in [-0.4, -0.2) is 38.4 Å². The van der Waals surface area contributed by atoms with E-state index in [9.17, 15) is 13.2 Å². The van der Waals surface area contributed by atoms with Crippen molar-refractivity contribution in [1.29, 1.82) is 0 Å². The van der Waals surface area contributed by atoms with Crippen molar-refractivity contribution < 1.29 is 13.2 Å². The SMILES string of the molecule is Cc1ccc(C)c(S(=O)(=O)NC2CCN(C(=O)CCC3CCCCC3)CC2)c1. The maximum Gasteiger partial charge on any atom is 0.241 e.